The standard InChI is InChI=1S/C22H26N2O3/c1-22(2,3)21(27)24-12-6-7-16(14-24)19-13-15(10-11-23-19)17-8-4-5-9-18(17)20(25)26/h4-5,8-11,13,16H,6-7,12,14H2,1-3H3,(H,25,26)/t16-/m0/s1. The van der Waals surface area contributed by atoms with Gasteiger partial charge in [0.1, 0.15) is 0 Å². The van der Waals surface area contributed by atoms with Crippen molar-refractivity contribution in [3.63, 3.8) is 0 Å². The number of hydrogen-bond donors (Lipinski definition) is 1. The Bertz CT molecular complexity index is 855. The highest BCUT2D eigenvalue weighted by Gasteiger charge is 2.32. The summed E-state index contributed by atoms with van der Waals surface area (Å²) in [4.78, 5) is 30.7. The fraction of sp³-hybridized carbons (Fsp3) is 0.409. The number of carboxylic acids is 1. The maximum absolute atomic E-state index is 12.6. The summed E-state index contributed by atoms with van der Waals surface area (Å²) in [6, 6.07) is 10.8. The van der Waals surface area contributed by atoms with Crippen molar-refractivity contribution in [2.45, 2.75) is 39.5 Å². The molecule has 0 unspecified atom stereocenters. The molecule has 1 aromatic heterocycles. The summed E-state index contributed by atoms with van der Waals surface area (Å²) in [7, 11) is 0. The molecule has 1 aromatic carbocycles. The van der Waals surface area contributed by atoms with Crippen LogP contribution in [0.3, 0.4) is 0 Å². The van der Waals surface area contributed by atoms with E-state index in [1.807, 2.05) is 49.9 Å². The molecule has 1 saturated heterocycles. The summed E-state index contributed by atoms with van der Waals surface area (Å²) in [5.74, 6) is -0.606. The number of amides is 1. The summed E-state index contributed by atoms with van der Waals surface area (Å²) < 4.78 is 0. The third kappa shape index (κ3) is 4.18. The van der Waals surface area contributed by atoms with Gasteiger partial charge >= 0.3 is 5.97 Å². The van der Waals surface area contributed by atoms with Gasteiger partial charge in [0.25, 0.3) is 0 Å². The van der Waals surface area contributed by atoms with Crippen molar-refractivity contribution in [3.05, 3.63) is 53.9 Å². The van der Waals surface area contributed by atoms with E-state index in [9.17, 15) is 14.7 Å². The lowest BCUT2D eigenvalue weighted by Gasteiger charge is -2.36. The van der Waals surface area contributed by atoms with Gasteiger partial charge in [0.05, 0.1) is 5.56 Å². The Morgan fingerprint density at radius 3 is 2.63 bits per heavy atom. The van der Waals surface area contributed by atoms with Crippen molar-refractivity contribution < 1.29 is 14.7 Å². The highest BCUT2D eigenvalue weighted by atomic mass is 16.4. The minimum Gasteiger partial charge on any atom is -0.478 e. The predicted molar refractivity (Wildman–Crippen MR) is 105 cm³/mol. The molecule has 5 heteroatoms. The van der Waals surface area contributed by atoms with Gasteiger partial charge in [0.15, 0.2) is 0 Å². The topological polar surface area (TPSA) is 70.5 Å². The van der Waals surface area contributed by atoms with Crippen molar-refractivity contribution >= 4 is 11.9 Å². The summed E-state index contributed by atoms with van der Waals surface area (Å²) in [6.07, 6.45) is 3.66. The maximum Gasteiger partial charge on any atom is 0.336 e. The molecule has 142 valence electrons. The SMILES string of the molecule is CC(C)(C)C(=O)N1CCC[C@H](c2cc(-c3ccccc3C(=O)O)ccn2)C1. The van der Waals surface area contributed by atoms with Crippen LogP contribution in [0.15, 0.2) is 42.6 Å². The molecule has 1 aliphatic rings. The zero-order valence-electron chi connectivity index (χ0n) is 16.1. The van der Waals surface area contributed by atoms with Crippen LogP contribution in [-0.2, 0) is 4.79 Å². The number of hydrogen-bond acceptors (Lipinski definition) is 3. The van der Waals surface area contributed by atoms with Crippen LogP contribution in [0.1, 0.15) is 55.6 Å². The number of benzene rings is 1. The minimum absolute atomic E-state index is 0.166. The normalized spacial score (nSPS) is 17.6. The number of pyridine rings is 1. The van der Waals surface area contributed by atoms with Crippen LogP contribution in [0.4, 0.5) is 0 Å². The second-order valence-electron chi connectivity index (χ2n) is 8.16. The monoisotopic (exact) mass is 366 g/mol. The molecule has 5 nitrogen and oxygen atoms in total. The van der Waals surface area contributed by atoms with Crippen molar-refractivity contribution in [1.29, 1.82) is 0 Å². The Morgan fingerprint density at radius 1 is 1.19 bits per heavy atom. The molecular formula is C22H26N2O3. The van der Waals surface area contributed by atoms with E-state index in [0.717, 1.165) is 30.6 Å². The first kappa shape index (κ1) is 19.1. The Labute approximate surface area is 160 Å². The summed E-state index contributed by atoms with van der Waals surface area (Å²) in [6.45, 7) is 7.28. The Kier molecular flexibility index (Phi) is 5.31. The first-order valence-electron chi connectivity index (χ1n) is 9.35. The molecule has 0 aliphatic carbocycles. The van der Waals surface area contributed by atoms with E-state index in [4.69, 9.17) is 0 Å². The number of piperidine rings is 1. The Balaban J connectivity index is 1.88. The first-order valence-corrected chi connectivity index (χ1v) is 9.35. The number of carboxylic acid groups (broad SMARTS) is 1. The average molecular weight is 366 g/mol. The van der Waals surface area contributed by atoms with Crippen LogP contribution >= 0.6 is 0 Å². The van der Waals surface area contributed by atoms with E-state index < -0.39 is 11.4 Å². The smallest absolute Gasteiger partial charge is 0.336 e. The molecule has 0 saturated carbocycles. The number of carbonyl (C=O) groups excluding carboxylic acids is 1. The molecule has 3 rings (SSSR count). The molecule has 1 N–H and O–H groups in total. The van der Waals surface area contributed by atoms with Crippen molar-refractivity contribution in [1.82, 2.24) is 9.88 Å². The van der Waals surface area contributed by atoms with Crippen LogP contribution in [0.25, 0.3) is 11.1 Å². The van der Waals surface area contributed by atoms with Gasteiger partial charge in [-0.15, -0.1) is 0 Å². The number of likely N-dealkylation sites (tertiary alicyclic amines) is 1. The molecule has 2 aromatic rings. The van der Waals surface area contributed by atoms with Gasteiger partial charge in [-0.25, -0.2) is 4.79 Å². The molecule has 1 atom stereocenters. The van der Waals surface area contributed by atoms with Crippen LogP contribution in [0.5, 0.6) is 0 Å². The van der Waals surface area contributed by atoms with Gasteiger partial charge in [0.2, 0.25) is 5.91 Å². The third-order valence-corrected chi connectivity index (χ3v) is 5.02. The lowest BCUT2D eigenvalue weighted by Crippen LogP contribution is -2.44. The van der Waals surface area contributed by atoms with Crippen LogP contribution in [0.2, 0.25) is 0 Å². The third-order valence-electron chi connectivity index (χ3n) is 5.02. The van der Waals surface area contributed by atoms with E-state index in [1.165, 1.54) is 0 Å². The lowest BCUT2D eigenvalue weighted by molar-refractivity contribution is -0.140. The number of aromatic nitrogens is 1. The number of rotatable bonds is 3. The predicted octanol–water partition coefficient (Wildman–Crippen LogP) is 4.20. The molecule has 0 radical (unpaired) electrons. The quantitative estimate of drug-likeness (QED) is 0.884. The highest BCUT2D eigenvalue weighted by molar-refractivity contribution is 5.96. The van der Waals surface area contributed by atoms with Gasteiger partial charge < -0.3 is 10.0 Å². The van der Waals surface area contributed by atoms with Gasteiger partial charge in [-0.1, -0.05) is 39.0 Å². The van der Waals surface area contributed by atoms with Crippen LogP contribution in [-0.4, -0.2) is 40.0 Å². The molecule has 2 heterocycles. The number of aromatic carboxylic acids is 1. The van der Waals surface area contributed by atoms with Crippen LogP contribution < -0.4 is 0 Å². The van der Waals surface area contributed by atoms with E-state index in [0.29, 0.717) is 12.1 Å². The molecule has 0 bridgehead atoms. The molecule has 1 aliphatic heterocycles. The fourth-order valence-electron chi connectivity index (χ4n) is 3.64. The van der Waals surface area contributed by atoms with E-state index in [1.54, 1.807) is 18.3 Å². The van der Waals surface area contributed by atoms with Crippen LogP contribution in [0, 0.1) is 5.41 Å². The van der Waals surface area contributed by atoms with Gasteiger partial charge in [-0.2, -0.15) is 0 Å². The molecule has 1 amide bonds. The van der Waals surface area contributed by atoms with Gasteiger partial charge in [0, 0.05) is 36.3 Å². The highest BCUT2D eigenvalue weighted by Crippen LogP contribution is 2.31. The van der Waals surface area contributed by atoms with Gasteiger partial charge in [-0.3, -0.25) is 9.78 Å². The zero-order valence-corrected chi connectivity index (χ0v) is 16.1. The molecule has 0 spiro atoms. The van der Waals surface area contributed by atoms with Gasteiger partial charge in [-0.05, 0) is 42.2 Å². The zero-order chi connectivity index (χ0) is 19.6. The second-order valence-corrected chi connectivity index (χ2v) is 8.16. The average Bonchev–Trinajstić information content (AvgIpc) is 2.67. The number of carbonyl (C=O) groups is 2. The molecular weight excluding hydrogens is 340 g/mol. The fourth-order valence-corrected chi connectivity index (χ4v) is 3.64. The maximum atomic E-state index is 12.6. The number of nitrogens with zero attached hydrogens (tertiary/aromatic N) is 2. The summed E-state index contributed by atoms with van der Waals surface area (Å²) in [5.41, 5.74) is 2.34. The molecule has 1 fully saturated rings. The summed E-state index contributed by atoms with van der Waals surface area (Å²) in [5, 5.41) is 9.46. The Hall–Kier alpha value is -2.69. The van der Waals surface area contributed by atoms with Crippen molar-refractivity contribution in [2.24, 2.45) is 5.41 Å². The first-order chi connectivity index (χ1) is 12.8. The molecule has 27 heavy (non-hydrogen) atoms. The van der Waals surface area contributed by atoms with E-state index >= 15 is 0 Å². The minimum atomic E-state index is -0.941. The second kappa shape index (κ2) is 7.51. The van der Waals surface area contributed by atoms with Crippen molar-refractivity contribution in [3.8, 4) is 11.1 Å². The summed E-state index contributed by atoms with van der Waals surface area (Å²) >= 11 is 0. The lowest BCUT2D eigenvalue weighted by atomic mass is 9.89. The Morgan fingerprint density at radius 2 is 1.93 bits per heavy atom. The van der Waals surface area contributed by atoms with E-state index in [-0.39, 0.29) is 17.4 Å². The largest absolute Gasteiger partial charge is 0.478 e. The van der Waals surface area contributed by atoms with E-state index in [2.05, 4.69) is 4.98 Å². The van der Waals surface area contributed by atoms with Crippen molar-refractivity contribution in [2.75, 3.05) is 13.1 Å².